The zero-order valence-electron chi connectivity index (χ0n) is 6.43. The molecule has 0 heterocycles. The molecule has 0 amide bonds. The molecule has 2 N–H and O–H groups in total. The summed E-state index contributed by atoms with van der Waals surface area (Å²) in [6, 6.07) is 0. The standard InChI is InChI=1S/C8H17N/c1-3-6(2)8-4-7(8)5-9/h6-8H,3-5,9H2,1-2H3/t6?,7-,8-/m0/s1. The largest absolute Gasteiger partial charge is 0.330 e. The van der Waals surface area contributed by atoms with Crippen LogP contribution in [0, 0.1) is 17.8 Å². The van der Waals surface area contributed by atoms with Crippen LogP contribution in [0.4, 0.5) is 0 Å². The van der Waals surface area contributed by atoms with E-state index in [1.165, 1.54) is 12.8 Å². The van der Waals surface area contributed by atoms with Crippen molar-refractivity contribution in [1.29, 1.82) is 0 Å². The summed E-state index contributed by atoms with van der Waals surface area (Å²) in [5.74, 6) is 2.76. The average molecular weight is 127 g/mol. The van der Waals surface area contributed by atoms with E-state index in [4.69, 9.17) is 5.73 Å². The van der Waals surface area contributed by atoms with Gasteiger partial charge in [-0.2, -0.15) is 0 Å². The summed E-state index contributed by atoms with van der Waals surface area (Å²) in [7, 11) is 0. The van der Waals surface area contributed by atoms with E-state index in [0.29, 0.717) is 0 Å². The Labute approximate surface area is 57.6 Å². The van der Waals surface area contributed by atoms with E-state index < -0.39 is 0 Å². The lowest BCUT2D eigenvalue weighted by Gasteiger charge is -2.04. The Kier molecular flexibility index (Phi) is 2.12. The highest BCUT2D eigenvalue weighted by Crippen LogP contribution is 2.44. The van der Waals surface area contributed by atoms with Gasteiger partial charge in [0, 0.05) is 0 Å². The fourth-order valence-electron chi connectivity index (χ4n) is 1.54. The van der Waals surface area contributed by atoms with Gasteiger partial charge < -0.3 is 5.73 Å². The Hall–Kier alpha value is -0.0400. The lowest BCUT2D eigenvalue weighted by Crippen LogP contribution is -2.05. The van der Waals surface area contributed by atoms with Crippen molar-refractivity contribution in [2.75, 3.05) is 6.54 Å². The van der Waals surface area contributed by atoms with Crippen LogP contribution in [0.1, 0.15) is 26.7 Å². The molecular formula is C8H17N. The van der Waals surface area contributed by atoms with Gasteiger partial charge in [0.25, 0.3) is 0 Å². The molecule has 3 atom stereocenters. The van der Waals surface area contributed by atoms with E-state index >= 15 is 0 Å². The normalized spacial score (nSPS) is 36.3. The molecule has 0 aromatic heterocycles. The third kappa shape index (κ3) is 1.45. The first-order valence-corrected chi connectivity index (χ1v) is 3.99. The Morgan fingerprint density at radius 3 is 2.67 bits per heavy atom. The second-order valence-corrected chi connectivity index (χ2v) is 3.28. The lowest BCUT2D eigenvalue weighted by molar-refractivity contribution is 0.462. The first-order chi connectivity index (χ1) is 4.29. The third-order valence-corrected chi connectivity index (χ3v) is 2.65. The van der Waals surface area contributed by atoms with Gasteiger partial charge in [-0.3, -0.25) is 0 Å². The van der Waals surface area contributed by atoms with Crippen molar-refractivity contribution in [3.63, 3.8) is 0 Å². The predicted octanol–water partition coefficient (Wildman–Crippen LogP) is 1.63. The van der Waals surface area contributed by atoms with Gasteiger partial charge in [-0.15, -0.1) is 0 Å². The lowest BCUT2D eigenvalue weighted by atomic mass is 10.0. The molecule has 1 rings (SSSR count). The Morgan fingerprint density at radius 2 is 2.33 bits per heavy atom. The van der Waals surface area contributed by atoms with Crippen molar-refractivity contribution >= 4 is 0 Å². The van der Waals surface area contributed by atoms with Gasteiger partial charge in [0.15, 0.2) is 0 Å². The number of nitrogens with two attached hydrogens (primary N) is 1. The SMILES string of the molecule is CCC(C)[C@@H]1C[C@H]1CN. The van der Waals surface area contributed by atoms with Gasteiger partial charge in [-0.25, -0.2) is 0 Å². The molecule has 1 nitrogen and oxygen atoms in total. The predicted molar refractivity (Wildman–Crippen MR) is 40.1 cm³/mol. The molecule has 9 heavy (non-hydrogen) atoms. The van der Waals surface area contributed by atoms with Crippen LogP contribution in [0.5, 0.6) is 0 Å². The average Bonchev–Trinajstić information content (AvgIpc) is 2.64. The summed E-state index contributed by atoms with van der Waals surface area (Å²) in [6.45, 7) is 5.51. The van der Waals surface area contributed by atoms with Crippen LogP contribution < -0.4 is 5.73 Å². The van der Waals surface area contributed by atoms with Crippen LogP contribution >= 0.6 is 0 Å². The van der Waals surface area contributed by atoms with E-state index in [1.54, 1.807) is 0 Å². The molecular weight excluding hydrogens is 110 g/mol. The fourth-order valence-corrected chi connectivity index (χ4v) is 1.54. The van der Waals surface area contributed by atoms with Crippen LogP contribution in [-0.2, 0) is 0 Å². The molecule has 0 aromatic carbocycles. The minimum atomic E-state index is 0.875. The topological polar surface area (TPSA) is 26.0 Å². The fraction of sp³-hybridized carbons (Fsp3) is 1.00. The van der Waals surface area contributed by atoms with Crippen LogP contribution in [0.25, 0.3) is 0 Å². The first-order valence-electron chi connectivity index (χ1n) is 3.99. The van der Waals surface area contributed by atoms with Gasteiger partial charge in [-0.1, -0.05) is 20.3 Å². The van der Waals surface area contributed by atoms with E-state index in [-0.39, 0.29) is 0 Å². The molecule has 54 valence electrons. The van der Waals surface area contributed by atoms with Gasteiger partial charge in [0.1, 0.15) is 0 Å². The summed E-state index contributed by atoms with van der Waals surface area (Å²) in [5.41, 5.74) is 5.52. The van der Waals surface area contributed by atoms with Crippen LogP contribution in [-0.4, -0.2) is 6.54 Å². The van der Waals surface area contributed by atoms with E-state index in [1.807, 2.05) is 0 Å². The molecule has 0 spiro atoms. The van der Waals surface area contributed by atoms with Gasteiger partial charge in [0.05, 0.1) is 0 Å². The third-order valence-electron chi connectivity index (χ3n) is 2.65. The number of hydrogen-bond acceptors (Lipinski definition) is 1. The van der Waals surface area contributed by atoms with Crippen molar-refractivity contribution in [2.45, 2.75) is 26.7 Å². The maximum Gasteiger partial charge on any atom is -0.00460 e. The zero-order valence-corrected chi connectivity index (χ0v) is 6.43. The number of hydrogen-bond donors (Lipinski definition) is 1. The summed E-state index contributed by atoms with van der Waals surface area (Å²) in [4.78, 5) is 0. The van der Waals surface area contributed by atoms with Gasteiger partial charge in [0.2, 0.25) is 0 Å². The minimum Gasteiger partial charge on any atom is -0.330 e. The van der Waals surface area contributed by atoms with Crippen molar-refractivity contribution in [1.82, 2.24) is 0 Å². The first kappa shape index (κ1) is 7.07. The second-order valence-electron chi connectivity index (χ2n) is 3.28. The molecule has 0 aliphatic heterocycles. The molecule has 0 aromatic rings. The molecule has 0 radical (unpaired) electrons. The highest BCUT2D eigenvalue weighted by Gasteiger charge is 2.38. The quantitative estimate of drug-likeness (QED) is 0.612. The van der Waals surface area contributed by atoms with Gasteiger partial charge in [-0.05, 0) is 30.7 Å². The van der Waals surface area contributed by atoms with Gasteiger partial charge >= 0.3 is 0 Å². The highest BCUT2D eigenvalue weighted by atomic mass is 14.6. The zero-order chi connectivity index (χ0) is 6.85. The molecule has 1 fully saturated rings. The van der Waals surface area contributed by atoms with Crippen LogP contribution in [0.2, 0.25) is 0 Å². The van der Waals surface area contributed by atoms with Crippen LogP contribution in [0.15, 0.2) is 0 Å². The summed E-state index contributed by atoms with van der Waals surface area (Å²) in [6.07, 6.45) is 2.71. The highest BCUT2D eigenvalue weighted by molar-refractivity contribution is 4.89. The Bertz CT molecular complexity index is 90.6. The van der Waals surface area contributed by atoms with E-state index in [0.717, 1.165) is 24.3 Å². The van der Waals surface area contributed by atoms with Crippen LogP contribution in [0.3, 0.4) is 0 Å². The maximum atomic E-state index is 5.52. The molecule has 1 aliphatic rings. The molecule has 1 aliphatic carbocycles. The van der Waals surface area contributed by atoms with Crippen molar-refractivity contribution in [3.8, 4) is 0 Å². The molecule has 0 bridgehead atoms. The van der Waals surface area contributed by atoms with Crippen molar-refractivity contribution < 1.29 is 0 Å². The molecule has 1 heteroatoms. The summed E-state index contributed by atoms with van der Waals surface area (Å²) in [5, 5.41) is 0. The number of rotatable bonds is 3. The Balaban J connectivity index is 2.17. The smallest absolute Gasteiger partial charge is 0.00460 e. The maximum absolute atomic E-state index is 5.52. The second kappa shape index (κ2) is 2.70. The van der Waals surface area contributed by atoms with E-state index in [9.17, 15) is 0 Å². The molecule has 1 unspecified atom stereocenters. The monoisotopic (exact) mass is 127 g/mol. The minimum absolute atomic E-state index is 0.875. The molecule has 0 saturated heterocycles. The van der Waals surface area contributed by atoms with Crippen molar-refractivity contribution in [2.24, 2.45) is 23.5 Å². The van der Waals surface area contributed by atoms with E-state index in [2.05, 4.69) is 13.8 Å². The summed E-state index contributed by atoms with van der Waals surface area (Å²) < 4.78 is 0. The molecule has 1 saturated carbocycles. The summed E-state index contributed by atoms with van der Waals surface area (Å²) >= 11 is 0. The van der Waals surface area contributed by atoms with Crippen molar-refractivity contribution in [3.05, 3.63) is 0 Å². The Morgan fingerprint density at radius 1 is 1.67 bits per heavy atom.